The van der Waals surface area contributed by atoms with E-state index in [-0.39, 0.29) is 0 Å². The minimum atomic E-state index is -2.36. The van der Waals surface area contributed by atoms with Gasteiger partial charge in [-0.25, -0.2) is 0 Å². The van der Waals surface area contributed by atoms with E-state index in [1.165, 1.54) is 5.56 Å². The van der Waals surface area contributed by atoms with Crippen molar-refractivity contribution in [2.45, 2.75) is 26.2 Å². The molecule has 1 aromatic rings. The zero-order chi connectivity index (χ0) is 11.2. The van der Waals surface area contributed by atoms with Crippen LogP contribution in [-0.4, -0.2) is 8.76 Å². The van der Waals surface area contributed by atoms with Crippen molar-refractivity contribution in [2.75, 3.05) is 0 Å². The summed E-state index contributed by atoms with van der Waals surface area (Å²) in [7, 11) is 0. The summed E-state index contributed by atoms with van der Waals surface area (Å²) in [5.41, 5.74) is 1.69. The maximum Gasteiger partial charge on any atom is 0.0152 e. The van der Waals surface area contributed by atoms with Crippen LogP contribution in [0.1, 0.15) is 26.3 Å². The van der Waals surface area contributed by atoms with Crippen molar-refractivity contribution in [3.8, 4) is 0 Å². The zero-order valence-corrected chi connectivity index (χ0v) is 9.51. The number of nitrogens with two attached hydrogens (primary N) is 1. The second-order valence-electron chi connectivity index (χ2n) is 3.88. The predicted molar refractivity (Wildman–Crippen MR) is 58.2 cm³/mol. The molecule has 2 N–H and O–H groups in total. The monoisotopic (exact) mass is 214 g/mol. The lowest BCUT2D eigenvalue weighted by Gasteiger charge is -2.18. The van der Waals surface area contributed by atoms with Crippen LogP contribution in [0.25, 0.3) is 0 Å². The molecule has 14 heavy (non-hydrogen) atoms. The predicted octanol–water partition coefficient (Wildman–Crippen LogP) is 1.72. The van der Waals surface area contributed by atoms with Crippen molar-refractivity contribution in [3.63, 3.8) is 0 Å². The van der Waals surface area contributed by atoms with Crippen molar-refractivity contribution in [2.24, 2.45) is 5.14 Å². The first-order chi connectivity index (χ1) is 6.34. The highest BCUT2D eigenvalue weighted by Gasteiger charge is 2.11. The van der Waals surface area contributed by atoms with Crippen LogP contribution in [0.3, 0.4) is 0 Å². The van der Waals surface area contributed by atoms with Crippen molar-refractivity contribution >= 4 is 11.3 Å². The first-order valence-corrected chi connectivity index (χ1v) is 5.37. The van der Waals surface area contributed by atoms with Gasteiger partial charge in [-0.1, -0.05) is 51.1 Å². The second kappa shape index (κ2) is 5.90. The first-order valence-electron chi connectivity index (χ1n) is 4.23. The van der Waals surface area contributed by atoms with Crippen LogP contribution in [0, 0.1) is 0 Å². The molecule has 0 aliphatic carbocycles. The third kappa shape index (κ3) is 6.77. The molecule has 0 aliphatic heterocycles. The topological polar surface area (TPSA) is 66.2 Å². The average Bonchev–Trinajstić information content (AvgIpc) is 2.03. The molecule has 0 radical (unpaired) electrons. The highest BCUT2D eigenvalue weighted by Crippen LogP contribution is 2.20. The van der Waals surface area contributed by atoms with Gasteiger partial charge >= 0.3 is 0 Å². The molecule has 80 valence electrons. The van der Waals surface area contributed by atoms with Gasteiger partial charge in [-0.05, 0) is 11.0 Å². The smallest absolute Gasteiger partial charge is 0.0152 e. The molecular formula is C10H16NO2S-. The SMILES string of the molecule is CC(C)(C)c1ccccc1.NS(=O)[O-]. The number of hydrogen-bond donors (Lipinski definition) is 1. The molecule has 0 fully saturated rings. The minimum Gasteiger partial charge on any atom is -0.760 e. The van der Waals surface area contributed by atoms with E-state index >= 15 is 0 Å². The lowest BCUT2D eigenvalue weighted by molar-refractivity contribution is 0.539. The fourth-order valence-corrected chi connectivity index (χ4v) is 0.938. The van der Waals surface area contributed by atoms with E-state index in [4.69, 9.17) is 8.76 Å². The Morgan fingerprint density at radius 2 is 1.57 bits per heavy atom. The molecule has 0 heterocycles. The molecule has 3 nitrogen and oxygen atoms in total. The number of rotatable bonds is 0. The summed E-state index contributed by atoms with van der Waals surface area (Å²) >= 11 is -2.36. The summed E-state index contributed by atoms with van der Waals surface area (Å²) < 4.78 is 17.6. The average molecular weight is 214 g/mol. The highest BCUT2D eigenvalue weighted by atomic mass is 32.2. The van der Waals surface area contributed by atoms with Gasteiger partial charge in [0.2, 0.25) is 0 Å². The van der Waals surface area contributed by atoms with E-state index in [1.807, 2.05) is 0 Å². The van der Waals surface area contributed by atoms with Gasteiger partial charge in [0.25, 0.3) is 0 Å². The fraction of sp³-hybridized carbons (Fsp3) is 0.400. The molecule has 1 unspecified atom stereocenters. The Morgan fingerprint density at radius 3 is 1.79 bits per heavy atom. The Bertz CT molecular complexity index is 276. The Morgan fingerprint density at radius 1 is 1.21 bits per heavy atom. The lowest BCUT2D eigenvalue weighted by Crippen LogP contribution is -2.10. The third-order valence-electron chi connectivity index (χ3n) is 1.64. The molecule has 1 rings (SSSR count). The van der Waals surface area contributed by atoms with Crippen LogP contribution in [0.5, 0.6) is 0 Å². The van der Waals surface area contributed by atoms with Gasteiger partial charge in [-0.3, -0.25) is 9.35 Å². The van der Waals surface area contributed by atoms with Crippen molar-refractivity contribution in [3.05, 3.63) is 35.9 Å². The van der Waals surface area contributed by atoms with Crippen LogP contribution in [0.4, 0.5) is 0 Å². The van der Waals surface area contributed by atoms with Crippen LogP contribution in [0.15, 0.2) is 30.3 Å². The third-order valence-corrected chi connectivity index (χ3v) is 1.64. The maximum atomic E-state index is 8.78. The molecular weight excluding hydrogens is 198 g/mol. The summed E-state index contributed by atoms with van der Waals surface area (Å²) in [5, 5.41) is 4.03. The Hall–Kier alpha value is -0.710. The van der Waals surface area contributed by atoms with E-state index in [9.17, 15) is 0 Å². The quantitative estimate of drug-likeness (QED) is 0.668. The summed E-state index contributed by atoms with van der Waals surface area (Å²) in [6.45, 7) is 6.67. The van der Waals surface area contributed by atoms with E-state index in [0.717, 1.165) is 0 Å². The zero-order valence-electron chi connectivity index (χ0n) is 8.69. The van der Waals surface area contributed by atoms with Gasteiger partial charge in [0, 0.05) is 11.3 Å². The summed E-state index contributed by atoms with van der Waals surface area (Å²) in [5.74, 6) is 0. The van der Waals surface area contributed by atoms with Gasteiger partial charge in [0.1, 0.15) is 0 Å². The fourth-order valence-electron chi connectivity index (χ4n) is 0.938. The van der Waals surface area contributed by atoms with Gasteiger partial charge in [0.15, 0.2) is 0 Å². The normalized spacial score (nSPS) is 12.6. The van der Waals surface area contributed by atoms with E-state index in [2.05, 4.69) is 56.2 Å². The highest BCUT2D eigenvalue weighted by molar-refractivity contribution is 7.76. The Kier molecular flexibility index (Phi) is 5.60. The molecule has 0 bridgehead atoms. The van der Waals surface area contributed by atoms with Gasteiger partial charge in [-0.15, -0.1) is 0 Å². The standard InChI is InChI=1S/C10H14.H3NO2S/c1-10(2,3)9-7-5-4-6-8-9;1-4(2)3/h4-8H,1-3H3;1H2,(H,2,3)/p-1. The molecule has 0 saturated carbocycles. The van der Waals surface area contributed by atoms with E-state index < -0.39 is 11.3 Å². The van der Waals surface area contributed by atoms with Crippen molar-refractivity contribution in [1.29, 1.82) is 0 Å². The largest absolute Gasteiger partial charge is 0.760 e. The van der Waals surface area contributed by atoms with Crippen molar-refractivity contribution in [1.82, 2.24) is 0 Å². The van der Waals surface area contributed by atoms with Crippen molar-refractivity contribution < 1.29 is 8.76 Å². The summed E-state index contributed by atoms with van der Waals surface area (Å²) in [4.78, 5) is 0. The Balaban J connectivity index is 0.000000364. The van der Waals surface area contributed by atoms with E-state index in [0.29, 0.717) is 5.41 Å². The number of benzene rings is 1. The first kappa shape index (κ1) is 13.3. The Labute approximate surface area is 87.7 Å². The van der Waals surface area contributed by atoms with Crippen LogP contribution >= 0.6 is 0 Å². The molecule has 1 aromatic carbocycles. The summed E-state index contributed by atoms with van der Waals surface area (Å²) in [6, 6.07) is 10.6. The molecule has 0 saturated heterocycles. The van der Waals surface area contributed by atoms with Crippen LogP contribution in [-0.2, 0) is 16.7 Å². The molecule has 4 heteroatoms. The maximum absolute atomic E-state index is 8.78. The van der Waals surface area contributed by atoms with Gasteiger partial charge in [-0.2, -0.15) is 0 Å². The molecule has 0 spiro atoms. The van der Waals surface area contributed by atoms with Crippen LogP contribution < -0.4 is 5.14 Å². The molecule has 0 amide bonds. The number of hydrogen-bond acceptors (Lipinski definition) is 2. The molecule has 0 aliphatic rings. The minimum absolute atomic E-state index is 0.293. The summed E-state index contributed by atoms with van der Waals surface area (Å²) in [6.07, 6.45) is 0. The van der Waals surface area contributed by atoms with Gasteiger partial charge < -0.3 is 4.55 Å². The van der Waals surface area contributed by atoms with Crippen LogP contribution in [0.2, 0.25) is 0 Å². The second-order valence-corrected chi connectivity index (χ2v) is 4.40. The lowest BCUT2D eigenvalue weighted by atomic mass is 9.87. The van der Waals surface area contributed by atoms with Gasteiger partial charge in [0.05, 0.1) is 0 Å². The molecule has 0 aromatic heterocycles. The molecule has 1 atom stereocenters. The van der Waals surface area contributed by atoms with E-state index in [1.54, 1.807) is 0 Å².